The minimum absolute atomic E-state index is 0.0190. The highest BCUT2D eigenvalue weighted by atomic mass is 16.4. The molecule has 0 aliphatic carbocycles. The maximum absolute atomic E-state index is 13.7. The fraction of sp³-hybridized carbons (Fsp3) is 0.276. The van der Waals surface area contributed by atoms with Gasteiger partial charge in [0.15, 0.2) is 0 Å². The zero-order chi connectivity index (χ0) is 29.4. The van der Waals surface area contributed by atoms with E-state index in [1.54, 1.807) is 6.20 Å². The number of carbonyl (C=O) groups is 4. The highest BCUT2D eigenvalue weighted by Gasteiger charge is 2.30. The van der Waals surface area contributed by atoms with Gasteiger partial charge in [-0.1, -0.05) is 48.5 Å². The number of rotatable bonds is 13. The highest BCUT2D eigenvalue weighted by molar-refractivity contribution is 5.95. The van der Waals surface area contributed by atoms with E-state index in [1.165, 1.54) is 19.4 Å². The Hall–Kier alpha value is -4.97. The summed E-state index contributed by atoms with van der Waals surface area (Å²) in [6.45, 7) is 1.32. The van der Waals surface area contributed by atoms with Gasteiger partial charge in [-0.2, -0.15) is 0 Å². The fourth-order valence-corrected chi connectivity index (χ4v) is 4.44. The van der Waals surface area contributed by atoms with Gasteiger partial charge in [0.1, 0.15) is 18.1 Å². The average Bonchev–Trinajstić information content (AvgIpc) is 3.62. The van der Waals surface area contributed by atoms with Crippen molar-refractivity contribution in [2.45, 2.75) is 50.4 Å². The fourth-order valence-electron chi connectivity index (χ4n) is 4.44. The third-order valence-corrected chi connectivity index (χ3v) is 6.71. The van der Waals surface area contributed by atoms with E-state index >= 15 is 0 Å². The maximum atomic E-state index is 13.7. The monoisotopic (exact) mass is 559 g/mol. The Morgan fingerprint density at radius 3 is 2.22 bits per heavy atom. The molecule has 0 aliphatic rings. The molecule has 4 aromatic rings. The molecule has 0 radical (unpaired) electrons. The Balaban J connectivity index is 1.56. The zero-order valence-electron chi connectivity index (χ0n) is 22.5. The van der Waals surface area contributed by atoms with Crippen molar-refractivity contribution in [1.82, 2.24) is 30.9 Å². The largest absolute Gasteiger partial charge is 0.480 e. The van der Waals surface area contributed by atoms with Crippen molar-refractivity contribution in [3.05, 3.63) is 90.1 Å². The SMILES string of the molecule is CC(NC(=O)C(Cc1cnc[nH]1)NC(=O)C(Cc1c[nH]c2ccccc12)NC(=O)C(N)Cc1ccccc1)C(=O)O. The summed E-state index contributed by atoms with van der Waals surface area (Å²) in [6, 6.07) is 12.5. The number of benzene rings is 2. The molecule has 4 unspecified atom stereocenters. The molecule has 8 N–H and O–H groups in total. The van der Waals surface area contributed by atoms with E-state index in [1.807, 2.05) is 54.6 Å². The lowest BCUT2D eigenvalue weighted by atomic mass is 10.0. The second kappa shape index (κ2) is 13.4. The lowest BCUT2D eigenvalue weighted by Crippen LogP contribution is -2.58. The Bertz CT molecular complexity index is 1490. The third-order valence-electron chi connectivity index (χ3n) is 6.71. The molecule has 2 heterocycles. The Morgan fingerprint density at radius 1 is 0.854 bits per heavy atom. The van der Waals surface area contributed by atoms with Crippen LogP contribution in [-0.4, -0.2) is 67.9 Å². The van der Waals surface area contributed by atoms with E-state index in [0.717, 1.165) is 22.0 Å². The molecule has 0 bridgehead atoms. The molecule has 214 valence electrons. The number of aromatic nitrogens is 3. The van der Waals surface area contributed by atoms with E-state index in [2.05, 4.69) is 30.9 Å². The summed E-state index contributed by atoms with van der Waals surface area (Å²) >= 11 is 0. The van der Waals surface area contributed by atoms with Crippen LogP contribution in [0.2, 0.25) is 0 Å². The maximum Gasteiger partial charge on any atom is 0.325 e. The van der Waals surface area contributed by atoms with Gasteiger partial charge in [0.2, 0.25) is 17.7 Å². The summed E-state index contributed by atoms with van der Waals surface area (Å²) in [5, 5.41) is 18.0. The number of para-hydroxylation sites is 1. The van der Waals surface area contributed by atoms with Crippen LogP contribution >= 0.6 is 0 Å². The smallest absolute Gasteiger partial charge is 0.325 e. The van der Waals surface area contributed by atoms with E-state index < -0.39 is 47.9 Å². The molecule has 2 aromatic carbocycles. The van der Waals surface area contributed by atoms with Gasteiger partial charge in [0, 0.05) is 41.8 Å². The topological polar surface area (TPSA) is 195 Å². The van der Waals surface area contributed by atoms with E-state index in [4.69, 9.17) is 5.73 Å². The number of aliphatic carboxylic acids is 1. The third kappa shape index (κ3) is 7.79. The molecule has 4 rings (SSSR count). The lowest BCUT2D eigenvalue weighted by molar-refractivity contribution is -0.141. The summed E-state index contributed by atoms with van der Waals surface area (Å²) < 4.78 is 0. The molecule has 0 fully saturated rings. The number of H-pyrrole nitrogens is 2. The summed E-state index contributed by atoms with van der Waals surface area (Å²) in [5.74, 6) is -3.07. The molecule has 0 spiro atoms. The molecule has 12 nitrogen and oxygen atoms in total. The Labute approximate surface area is 236 Å². The van der Waals surface area contributed by atoms with Crippen LogP contribution in [0.4, 0.5) is 0 Å². The van der Waals surface area contributed by atoms with Crippen molar-refractivity contribution in [2.24, 2.45) is 5.73 Å². The minimum atomic E-state index is -1.22. The number of amides is 3. The van der Waals surface area contributed by atoms with Gasteiger partial charge < -0.3 is 36.8 Å². The molecule has 0 saturated carbocycles. The Kier molecular flexibility index (Phi) is 9.48. The number of carboxylic acids is 1. The van der Waals surface area contributed by atoms with E-state index in [-0.39, 0.29) is 19.3 Å². The van der Waals surface area contributed by atoms with Crippen molar-refractivity contribution >= 4 is 34.6 Å². The van der Waals surface area contributed by atoms with Crippen LogP contribution in [0.5, 0.6) is 0 Å². The van der Waals surface area contributed by atoms with Crippen molar-refractivity contribution in [3.63, 3.8) is 0 Å². The molecule has 0 saturated heterocycles. The first-order chi connectivity index (χ1) is 19.7. The van der Waals surface area contributed by atoms with E-state index in [9.17, 15) is 24.3 Å². The number of carbonyl (C=O) groups excluding carboxylic acids is 3. The number of nitrogens with zero attached hydrogens (tertiary/aromatic N) is 1. The van der Waals surface area contributed by atoms with Crippen LogP contribution in [0.15, 0.2) is 73.3 Å². The molecule has 4 atom stereocenters. The average molecular weight is 560 g/mol. The van der Waals surface area contributed by atoms with Crippen LogP contribution in [-0.2, 0) is 38.4 Å². The first-order valence-corrected chi connectivity index (χ1v) is 13.2. The molecule has 12 heteroatoms. The highest BCUT2D eigenvalue weighted by Crippen LogP contribution is 2.19. The van der Waals surface area contributed by atoms with Crippen molar-refractivity contribution in [3.8, 4) is 0 Å². The molecular formula is C29H33N7O5. The second-order valence-electron chi connectivity index (χ2n) is 9.83. The minimum Gasteiger partial charge on any atom is -0.480 e. The Morgan fingerprint density at radius 2 is 1.51 bits per heavy atom. The van der Waals surface area contributed by atoms with Gasteiger partial charge in [-0.25, -0.2) is 4.98 Å². The number of nitrogens with two attached hydrogens (primary N) is 1. The first-order valence-electron chi connectivity index (χ1n) is 13.2. The van der Waals surface area contributed by atoms with Crippen molar-refractivity contribution < 1.29 is 24.3 Å². The zero-order valence-corrected chi connectivity index (χ0v) is 22.5. The number of hydrogen-bond donors (Lipinski definition) is 7. The van der Waals surface area contributed by atoms with Crippen LogP contribution in [0.1, 0.15) is 23.7 Å². The summed E-state index contributed by atoms with van der Waals surface area (Å²) in [6.07, 6.45) is 5.10. The van der Waals surface area contributed by atoms with Gasteiger partial charge in [-0.15, -0.1) is 0 Å². The lowest BCUT2D eigenvalue weighted by Gasteiger charge is -2.24. The summed E-state index contributed by atoms with van der Waals surface area (Å²) in [7, 11) is 0. The quantitative estimate of drug-likeness (QED) is 0.126. The molecule has 0 aliphatic heterocycles. The van der Waals surface area contributed by atoms with Gasteiger partial charge >= 0.3 is 5.97 Å². The summed E-state index contributed by atoms with van der Waals surface area (Å²) in [5.41, 5.74) is 9.28. The van der Waals surface area contributed by atoms with Crippen LogP contribution in [0.25, 0.3) is 10.9 Å². The predicted molar refractivity (Wildman–Crippen MR) is 152 cm³/mol. The number of aromatic amines is 2. The van der Waals surface area contributed by atoms with E-state index in [0.29, 0.717) is 5.69 Å². The molecule has 3 amide bonds. The number of carboxylic acid groups (broad SMARTS) is 1. The first kappa shape index (κ1) is 29.0. The molecular weight excluding hydrogens is 526 g/mol. The van der Waals surface area contributed by atoms with Crippen LogP contribution in [0, 0.1) is 0 Å². The van der Waals surface area contributed by atoms with Gasteiger partial charge in [-0.05, 0) is 30.5 Å². The molecule has 41 heavy (non-hydrogen) atoms. The number of imidazole rings is 1. The standard InChI is InChI=1S/C29H33N7O5/c1-17(29(40)41)34-27(38)25(13-20-15-31-16-33-20)36-28(39)24(12-19-14-32-23-10-6-5-9-21(19)23)35-26(37)22(30)11-18-7-3-2-4-8-18/h2-10,14-17,22,24-25,32H,11-13,30H2,1H3,(H,31,33)(H,34,38)(H,35,37)(H,36,39)(H,40,41). The molecule has 2 aromatic heterocycles. The van der Waals surface area contributed by atoms with Crippen LogP contribution < -0.4 is 21.7 Å². The van der Waals surface area contributed by atoms with Crippen molar-refractivity contribution in [2.75, 3.05) is 0 Å². The summed E-state index contributed by atoms with van der Waals surface area (Å²) in [4.78, 5) is 61.2. The number of fused-ring (bicyclic) bond motifs is 1. The second-order valence-corrected chi connectivity index (χ2v) is 9.83. The van der Waals surface area contributed by atoms with Crippen molar-refractivity contribution in [1.29, 1.82) is 0 Å². The van der Waals surface area contributed by atoms with Crippen LogP contribution in [0.3, 0.4) is 0 Å². The predicted octanol–water partition coefficient (Wildman–Crippen LogP) is 0.805. The normalized spacial score (nSPS) is 14.0. The van der Waals surface area contributed by atoms with Gasteiger partial charge in [0.25, 0.3) is 0 Å². The van der Waals surface area contributed by atoms with Gasteiger partial charge in [0.05, 0.1) is 12.4 Å². The van der Waals surface area contributed by atoms with Gasteiger partial charge in [-0.3, -0.25) is 19.2 Å². The number of hydrogen-bond acceptors (Lipinski definition) is 6. The number of nitrogens with one attached hydrogen (secondary N) is 5.